The van der Waals surface area contributed by atoms with Crippen molar-refractivity contribution in [1.29, 1.82) is 0 Å². The number of nitrogens with one attached hydrogen (secondary N) is 2. The van der Waals surface area contributed by atoms with E-state index in [0.29, 0.717) is 24.5 Å². The van der Waals surface area contributed by atoms with Crippen LogP contribution in [0.4, 0.5) is 0 Å². The maximum Gasteiger partial charge on any atom is 0.274 e. The average molecular weight is 316 g/mol. The van der Waals surface area contributed by atoms with Crippen LogP contribution in [0.15, 0.2) is 18.2 Å². The molecule has 7 nitrogen and oxygen atoms in total. The van der Waals surface area contributed by atoms with Gasteiger partial charge in [-0.2, -0.15) is 5.10 Å². The Labute approximate surface area is 134 Å². The standard InChI is InChI=1S/C16H20N4O3/c1-20(9-10-3-4-13(21)14(7-10)23-2)16(22)15-11-8-17-6-5-12(11)18-19-15/h3-4,7,17,21H,5-6,8-9H2,1-2H3,(H,18,19). The molecule has 1 aliphatic rings. The SMILES string of the molecule is COc1cc(CN(C)C(=O)c2n[nH]c3c2CNCC3)ccc1O. The number of ether oxygens (including phenoxy) is 1. The molecule has 7 heteroatoms. The number of benzene rings is 1. The number of methoxy groups -OCH3 is 1. The van der Waals surface area contributed by atoms with Crippen LogP contribution in [0.1, 0.15) is 27.3 Å². The number of nitrogens with zero attached hydrogens (tertiary/aromatic N) is 2. The van der Waals surface area contributed by atoms with Gasteiger partial charge in [0.1, 0.15) is 0 Å². The lowest BCUT2D eigenvalue weighted by Crippen LogP contribution is -2.30. The van der Waals surface area contributed by atoms with E-state index in [1.807, 2.05) is 0 Å². The summed E-state index contributed by atoms with van der Waals surface area (Å²) in [6.07, 6.45) is 0.856. The molecule has 1 amide bonds. The highest BCUT2D eigenvalue weighted by molar-refractivity contribution is 5.93. The molecule has 3 N–H and O–H groups in total. The number of hydrogen-bond acceptors (Lipinski definition) is 5. The van der Waals surface area contributed by atoms with Crippen LogP contribution < -0.4 is 10.1 Å². The summed E-state index contributed by atoms with van der Waals surface area (Å²) in [6.45, 7) is 1.96. The third-order valence-corrected chi connectivity index (χ3v) is 4.02. The molecule has 0 spiro atoms. The van der Waals surface area contributed by atoms with Crippen LogP contribution in [0, 0.1) is 0 Å². The molecule has 0 saturated carbocycles. The Morgan fingerprint density at radius 1 is 1.48 bits per heavy atom. The van der Waals surface area contributed by atoms with Crippen molar-refractivity contribution in [1.82, 2.24) is 20.4 Å². The van der Waals surface area contributed by atoms with E-state index >= 15 is 0 Å². The Balaban J connectivity index is 1.76. The van der Waals surface area contributed by atoms with Crippen LogP contribution in [0.25, 0.3) is 0 Å². The van der Waals surface area contributed by atoms with E-state index < -0.39 is 0 Å². The Hall–Kier alpha value is -2.54. The second-order valence-electron chi connectivity index (χ2n) is 5.62. The Morgan fingerprint density at radius 2 is 2.30 bits per heavy atom. The number of carbonyl (C=O) groups is 1. The smallest absolute Gasteiger partial charge is 0.274 e. The number of H-pyrrole nitrogens is 1. The topological polar surface area (TPSA) is 90.5 Å². The van der Waals surface area contributed by atoms with Crippen LogP contribution in [0.2, 0.25) is 0 Å². The average Bonchev–Trinajstić information content (AvgIpc) is 2.99. The van der Waals surface area contributed by atoms with Crippen LogP contribution in [-0.2, 0) is 19.5 Å². The number of rotatable bonds is 4. The summed E-state index contributed by atoms with van der Waals surface area (Å²) < 4.78 is 5.10. The van der Waals surface area contributed by atoms with Crippen molar-refractivity contribution in [2.45, 2.75) is 19.5 Å². The van der Waals surface area contributed by atoms with Gasteiger partial charge < -0.3 is 20.1 Å². The zero-order chi connectivity index (χ0) is 16.4. The molecule has 23 heavy (non-hydrogen) atoms. The van der Waals surface area contributed by atoms with Gasteiger partial charge in [-0.15, -0.1) is 0 Å². The highest BCUT2D eigenvalue weighted by Gasteiger charge is 2.24. The molecule has 0 saturated heterocycles. The van der Waals surface area contributed by atoms with Gasteiger partial charge >= 0.3 is 0 Å². The lowest BCUT2D eigenvalue weighted by Gasteiger charge is -2.19. The third-order valence-electron chi connectivity index (χ3n) is 4.02. The van der Waals surface area contributed by atoms with Gasteiger partial charge in [0, 0.05) is 44.4 Å². The molecule has 1 aromatic carbocycles. The highest BCUT2D eigenvalue weighted by Crippen LogP contribution is 2.27. The fourth-order valence-electron chi connectivity index (χ4n) is 2.75. The van der Waals surface area contributed by atoms with Gasteiger partial charge in [-0.1, -0.05) is 6.07 Å². The van der Waals surface area contributed by atoms with Crippen LogP contribution in [0.5, 0.6) is 11.5 Å². The fraction of sp³-hybridized carbons (Fsp3) is 0.375. The molecule has 0 radical (unpaired) electrons. The molecule has 1 aromatic heterocycles. The van der Waals surface area contributed by atoms with Crippen molar-refractivity contribution in [3.05, 3.63) is 40.7 Å². The lowest BCUT2D eigenvalue weighted by atomic mass is 10.1. The number of aromatic hydroxyl groups is 1. The molecule has 0 unspecified atom stereocenters. The summed E-state index contributed by atoms with van der Waals surface area (Å²) in [5.74, 6) is 0.348. The lowest BCUT2D eigenvalue weighted by molar-refractivity contribution is 0.0778. The number of hydrogen-bond donors (Lipinski definition) is 3. The van der Waals surface area contributed by atoms with E-state index in [9.17, 15) is 9.90 Å². The molecule has 2 aromatic rings. The largest absolute Gasteiger partial charge is 0.504 e. The van der Waals surface area contributed by atoms with Gasteiger partial charge in [-0.3, -0.25) is 9.89 Å². The number of phenolic OH excluding ortho intramolecular Hbond substituents is 1. The summed E-state index contributed by atoms with van der Waals surface area (Å²) in [5.41, 5.74) is 3.33. The first-order chi connectivity index (χ1) is 11.1. The van der Waals surface area contributed by atoms with E-state index in [2.05, 4.69) is 15.5 Å². The van der Waals surface area contributed by atoms with Crippen molar-refractivity contribution < 1.29 is 14.6 Å². The van der Waals surface area contributed by atoms with E-state index in [0.717, 1.165) is 29.8 Å². The summed E-state index contributed by atoms with van der Waals surface area (Å²) in [7, 11) is 3.23. The number of aromatic amines is 1. The first-order valence-corrected chi connectivity index (χ1v) is 7.48. The van der Waals surface area contributed by atoms with Gasteiger partial charge in [0.2, 0.25) is 0 Å². The van der Waals surface area contributed by atoms with Gasteiger partial charge in [-0.25, -0.2) is 0 Å². The van der Waals surface area contributed by atoms with Crippen LogP contribution in [0.3, 0.4) is 0 Å². The molecule has 0 fully saturated rings. The second-order valence-corrected chi connectivity index (χ2v) is 5.62. The highest BCUT2D eigenvalue weighted by atomic mass is 16.5. The minimum Gasteiger partial charge on any atom is -0.504 e. The second kappa shape index (κ2) is 6.29. The number of fused-ring (bicyclic) bond motifs is 1. The zero-order valence-electron chi connectivity index (χ0n) is 13.2. The van der Waals surface area contributed by atoms with E-state index in [-0.39, 0.29) is 11.7 Å². The molecule has 3 rings (SSSR count). The van der Waals surface area contributed by atoms with Crippen molar-refractivity contribution in [2.24, 2.45) is 0 Å². The predicted molar refractivity (Wildman–Crippen MR) is 84.5 cm³/mol. The Morgan fingerprint density at radius 3 is 3.09 bits per heavy atom. The summed E-state index contributed by atoms with van der Waals surface area (Å²) in [4.78, 5) is 14.2. The normalized spacial score (nSPS) is 13.5. The van der Waals surface area contributed by atoms with Crippen LogP contribution in [-0.4, -0.2) is 46.8 Å². The first kappa shape index (κ1) is 15.4. The molecule has 1 aliphatic heterocycles. The van der Waals surface area contributed by atoms with Crippen molar-refractivity contribution >= 4 is 5.91 Å². The van der Waals surface area contributed by atoms with Crippen LogP contribution >= 0.6 is 0 Å². The van der Waals surface area contributed by atoms with Gasteiger partial charge in [0.25, 0.3) is 5.91 Å². The number of carbonyl (C=O) groups excluding carboxylic acids is 1. The maximum absolute atomic E-state index is 12.6. The zero-order valence-corrected chi connectivity index (χ0v) is 13.2. The quantitative estimate of drug-likeness (QED) is 0.784. The van der Waals surface area contributed by atoms with Gasteiger partial charge in [-0.05, 0) is 17.7 Å². The third kappa shape index (κ3) is 3.00. The van der Waals surface area contributed by atoms with Gasteiger partial charge in [0.15, 0.2) is 17.2 Å². The molecule has 0 aliphatic carbocycles. The van der Waals surface area contributed by atoms with E-state index in [1.165, 1.54) is 7.11 Å². The molecular weight excluding hydrogens is 296 g/mol. The molecule has 2 heterocycles. The summed E-state index contributed by atoms with van der Waals surface area (Å²) >= 11 is 0. The Kier molecular flexibility index (Phi) is 4.20. The number of amides is 1. The van der Waals surface area contributed by atoms with Gasteiger partial charge in [0.05, 0.1) is 7.11 Å². The summed E-state index contributed by atoms with van der Waals surface area (Å²) in [5, 5.41) is 20.0. The number of aromatic nitrogens is 2. The van der Waals surface area contributed by atoms with E-state index in [4.69, 9.17) is 4.74 Å². The molecular formula is C16H20N4O3. The van der Waals surface area contributed by atoms with Crippen molar-refractivity contribution in [2.75, 3.05) is 20.7 Å². The first-order valence-electron chi connectivity index (χ1n) is 7.48. The minimum absolute atomic E-state index is 0.0812. The molecule has 122 valence electrons. The van der Waals surface area contributed by atoms with E-state index in [1.54, 1.807) is 30.1 Å². The summed E-state index contributed by atoms with van der Waals surface area (Å²) in [6, 6.07) is 5.05. The minimum atomic E-state index is -0.127. The van der Waals surface area contributed by atoms with Crippen molar-refractivity contribution in [3.8, 4) is 11.5 Å². The molecule has 0 bridgehead atoms. The van der Waals surface area contributed by atoms with Crippen molar-refractivity contribution in [3.63, 3.8) is 0 Å². The monoisotopic (exact) mass is 316 g/mol. The Bertz CT molecular complexity index is 726. The molecule has 0 atom stereocenters. The maximum atomic E-state index is 12.6. The number of phenols is 1. The fourth-order valence-corrected chi connectivity index (χ4v) is 2.75. The predicted octanol–water partition coefficient (Wildman–Crippen LogP) is 1.04.